The number of likely N-dealkylation sites (N-methyl/N-ethyl adjacent to an activating group) is 1. The number of urea groups is 1. The van der Waals surface area contributed by atoms with Crippen molar-refractivity contribution in [1.82, 2.24) is 20.4 Å². The minimum atomic E-state index is -0.362. The molecule has 1 saturated carbocycles. The Bertz CT molecular complexity index is 617. The summed E-state index contributed by atoms with van der Waals surface area (Å²) >= 11 is 0. The van der Waals surface area contributed by atoms with E-state index in [1.54, 1.807) is 0 Å². The first-order valence-corrected chi connectivity index (χ1v) is 9.70. The van der Waals surface area contributed by atoms with Gasteiger partial charge in [0, 0.05) is 31.2 Å². The van der Waals surface area contributed by atoms with Crippen molar-refractivity contribution in [3.63, 3.8) is 0 Å². The number of nitrogens with zero attached hydrogens (tertiary/aromatic N) is 2. The second kappa shape index (κ2) is 8.64. The highest BCUT2D eigenvalue weighted by molar-refractivity contribution is 5.95. The van der Waals surface area contributed by atoms with E-state index in [9.17, 15) is 9.59 Å². The number of likely N-dealkylation sites (tertiary alicyclic amines) is 1. The Morgan fingerprint density at radius 1 is 1.23 bits per heavy atom. The van der Waals surface area contributed by atoms with Gasteiger partial charge in [0.15, 0.2) is 0 Å². The lowest BCUT2D eigenvalue weighted by Gasteiger charge is -2.29. The van der Waals surface area contributed by atoms with Crippen LogP contribution in [0, 0.1) is 0 Å². The monoisotopic (exact) mass is 358 g/mol. The Labute approximate surface area is 155 Å². The number of carbonyl (C=O) groups excluding carboxylic acids is 2. The van der Waals surface area contributed by atoms with Crippen molar-refractivity contribution in [2.75, 3.05) is 26.2 Å². The van der Waals surface area contributed by atoms with Crippen LogP contribution in [0.1, 0.15) is 44.7 Å². The third-order valence-corrected chi connectivity index (χ3v) is 5.46. The quantitative estimate of drug-likeness (QED) is 0.784. The average molecular weight is 358 g/mol. The molecule has 0 spiro atoms. The van der Waals surface area contributed by atoms with Crippen molar-refractivity contribution in [3.8, 4) is 0 Å². The third-order valence-electron chi connectivity index (χ3n) is 5.46. The Kier molecular flexibility index (Phi) is 6.27. The summed E-state index contributed by atoms with van der Waals surface area (Å²) in [4.78, 5) is 28.6. The van der Waals surface area contributed by atoms with Crippen molar-refractivity contribution in [2.24, 2.45) is 0 Å². The van der Waals surface area contributed by atoms with Crippen molar-refractivity contribution in [3.05, 3.63) is 35.9 Å². The second-order valence-electron chi connectivity index (χ2n) is 7.38. The van der Waals surface area contributed by atoms with E-state index in [-0.39, 0.29) is 24.5 Å². The second-order valence-corrected chi connectivity index (χ2v) is 7.38. The summed E-state index contributed by atoms with van der Waals surface area (Å²) in [5, 5.41) is 5.24. The third kappa shape index (κ3) is 5.05. The first-order valence-electron chi connectivity index (χ1n) is 9.70. The molecule has 142 valence electrons. The molecular weight excluding hydrogens is 328 g/mol. The number of nitrogens with one attached hydrogen (secondary N) is 2. The summed E-state index contributed by atoms with van der Waals surface area (Å²) < 4.78 is 0. The summed E-state index contributed by atoms with van der Waals surface area (Å²) in [6.07, 6.45) is 3.08. The van der Waals surface area contributed by atoms with Gasteiger partial charge in [0.25, 0.3) is 0 Å². The summed E-state index contributed by atoms with van der Waals surface area (Å²) in [7, 11) is 0. The zero-order valence-electron chi connectivity index (χ0n) is 15.8. The molecule has 6 heteroatoms. The van der Waals surface area contributed by atoms with Gasteiger partial charge in [-0.25, -0.2) is 4.79 Å². The highest BCUT2D eigenvalue weighted by Gasteiger charge is 2.31. The van der Waals surface area contributed by atoms with Gasteiger partial charge in [0.05, 0.1) is 6.54 Å². The lowest BCUT2D eigenvalue weighted by atomic mass is 10.1. The van der Waals surface area contributed by atoms with Crippen LogP contribution < -0.4 is 10.6 Å². The molecule has 3 rings (SSSR count). The van der Waals surface area contributed by atoms with Crippen LogP contribution in [-0.2, 0) is 4.79 Å². The molecule has 1 saturated heterocycles. The van der Waals surface area contributed by atoms with Crippen molar-refractivity contribution in [2.45, 2.75) is 51.2 Å². The van der Waals surface area contributed by atoms with Gasteiger partial charge in [-0.1, -0.05) is 37.3 Å². The van der Waals surface area contributed by atoms with Gasteiger partial charge in [-0.2, -0.15) is 0 Å². The first-order chi connectivity index (χ1) is 12.6. The molecule has 2 unspecified atom stereocenters. The van der Waals surface area contributed by atoms with Crippen LogP contribution in [0.25, 0.3) is 0 Å². The molecule has 26 heavy (non-hydrogen) atoms. The van der Waals surface area contributed by atoms with Crippen molar-refractivity contribution < 1.29 is 9.59 Å². The number of benzene rings is 1. The minimum absolute atomic E-state index is 0.223. The van der Waals surface area contributed by atoms with Gasteiger partial charge < -0.3 is 5.32 Å². The highest BCUT2D eigenvalue weighted by atomic mass is 16.2. The SMILES string of the molecule is CCN(CC(=O)NC(=O)NC1CC1)C1CCN(C(C)c2ccccc2)C1. The average Bonchev–Trinajstić information content (AvgIpc) is 3.31. The molecule has 1 aromatic carbocycles. The van der Waals surface area contributed by atoms with E-state index < -0.39 is 0 Å². The van der Waals surface area contributed by atoms with Crippen LogP contribution >= 0.6 is 0 Å². The Morgan fingerprint density at radius 2 is 1.96 bits per heavy atom. The zero-order valence-corrected chi connectivity index (χ0v) is 15.8. The lowest BCUT2D eigenvalue weighted by molar-refractivity contribution is -0.121. The fraction of sp³-hybridized carbons (Fsp3) is 0.600. The van der Waals surface area contributed by atoms with E-state index in [1.165, 1.54) is 5.56 Å². The normalized spacial score (nSPS) is 21.6. The van der Waals surface area contributed by atoms with E-state index in [0.29, 0.717) is 12.1 Å². The van der Waals surface area contributed by atoms with E-state index >= 15 is 0 Å². The number of hydrogen-bond donors (Lipinski definition) is 2. The number of hydrogen-bond acceptors (Lipinski definition) is 4. The minimum Gasteiger partial charge on any atom is -0.335 e. The molecule has 2 N–H and O–H groups in total. The Hall–Kier alpha value is -1.92. The maximum atomic E-state index is 12.2. The molecule has 1 heterocycles. The molecule has 1 aromatic rings. The molecule has 0 aromatic heterocycles. The molecule has 0 bridgehead atoms. The van der Waals surface area contributed by atoms with Gasteiger partial charge in [0.1, 0.15) is 0 Å². The van der Waals surface area contributed by atoms with Crippen LogP contribution in [0.4, 0.5) is 4.79 Å². The van der Waals surface area contributed by atoms with Crippen LogP contribution in [0.2, 0.25) is 0 Å². The first kappa shape index (κ1) is 18.9. The highest BCUT2D eigenvalue weighted by Crippen LogP contribution is 2.26. The molecule has 0 radical (unpaired) electrons. The van der Waals surface area contributed by atoms with Gasteiger partial charge in [-0.3, -0.25) is 19.9 Å². The molecule has 1 aliphatic heterocycles. The van der Waals surface area contributed by atoms with Gasteiger partial charge in [-0.15, -0.1) is 0 Å². The number of imide groups is 1. The standard InChI is InChI=1S/C20H30N4O2/c1-3-23(14-19(25)22-20(26)21-17-9-10-17)18-11-12-24(13-18)15(2)16-7-5-4-6-8-16/h4-8,15,17-18H,3,9-14H2,1-2H3,(H2,21,22,25,26). The largest absolute Gasteiger partial charge is 0.335 e. The topological polar surface area (TPSA) is 64.7 Å². The smallest absolute Gasteiger partial charge is 0.321 e. The van der Waals surface area contributed by atoms with E-state index in [0.717, 1.165) is 38.9 Å². The summed E-state index contributed by atoms with van der Waals surface area (Å²) in [5.74, 6) is -0.223. The van der Waals surface area contributed by atoms with E-state index in [1.807, 2.05) is 6.07 Å². The number of rotatable bonds is 7. The molecule has 2 fully saturated rings. The van der Waals surface area contributed by atoms with Gasteiger partial charge >= 0.3 is 6.03 Å². The van der Waals surface area contributed by atoms with Crippen LogP contribution in [0.3, 0.4) is 0 Å². The predicted molar refractivity (Wildman–Crippen MR) is 102 cm³/mol. The Balaban J connectivity index is 1.49. The lowest BCUT2D eigenvalue weighted by Crippen LogP contribution is -2.48. The van der Waals surface area contributed by atoms with Gasteiger partial charge in [-0.05, 0) is 38.3 Å². The summed E-state index contributed by atoms with van der Waals surface area (Å²) in [6, 6.07) is 11.2. The van der Waals surface area contributed by atoms with Gasteiger partial charge in [0.2, 0.25) is 5.91 Å². The molecule has 6 nitrogen and oxygen atoms in total. The van der Waals surface area contributed by atoms with E-state index in [4.69, 9.17) is 0 Å². The fourth-order valence-electron chi connectivity index (χ4n) is 3.66. The fourth-order valence-corrected chi connectivity index (χ4v) is 3.66. The summed E-state index contributed by atoms with van der Waals surface area (Å²) in [5.41, 5.74) is 1.32. The van der Waals surface area contributed by atoms with Crippen LogP contribution in [0.5, 0.6) is 0 Å². The predicted octanol–water partition coefficient (Wildman–Crippen LogP) is 2.13. The maximum absolute atomic E-state index is 12.2. The van der Waals surface area contributed by atoms with Crippen molar-refractivity contribution >= 4 is 11.9 Å². The molecule has 3 amide bonds. The zero-order chi connectivity index (χ0) is 18.5. The molecular formula is C20H30N4O2. The van der Waals surface area contributed by atoms with E-state index in [2.05, 4.69) is 58.5 Å². The molecule has 2 atom stereocenters. The van der Waals surface area contributed by atoms with Crippen LogP contribution in [0.15, 0.2) is 30.3 Å². The Morgan fingerprint density at radius 3 is 2.62 bits per heavy atom. The molecule has 2 aliphatic rings. The maximum Gasteiger partial charge on any atom is 0.321 e. The molecule has 1 aliphatic carbocycles. The van der Waals surface area contributed by atoms with Crippen LogP contribution in [-0.4, -0.2) is 60.0 Å². The number of carbonyl (C=O) groups is 2. The number of amides is 3. The van der Waals surface area contributed by atoms with Crippen molar-refractivity contribution in [1.29, 1.82) is 0 Å². The summed E-state index contributed by atoms with van der Waals surface area (Å²) in [6.45, 7) is 7.36.